The molecule has 0 N–H and O–H groups in total. The second-order valence-corrected chi connectivity index (χ2v) is 5.41. The Hall–Kier alpha value is -1.48. The molecule has 3 nitrogen and oxygen atoms in total. The molecule has 0 fully saturated rings. The molecule has 2 unspecified atom stereocenters. The molecule has 1 aromatic carbocycles. The fraction of sp³-hybridized carbons (Fsp3) is 0.400. The molecule has 0 aliphatic carbocycles. The van der Waals surface area contributed by atoms with Crippen molar-refractivity contribution in [2.45, 2.75) is 19.1 Å². The predicted molar refractivity (Wildman–Crippen MR) is 78.5 cm³/mol. The molecule has 19 heavy (non-hydrogen) atoms. The fourth-order valence-electron chi connectivity index (χ4n) is 2.15. The van der Waals surface area contributed by atoms with Crippen molar-refractivity contribution in [2.24, 2.45) is 0 Å². The van der Waals surface area contributed by atoms with Gasteiger partial charge in [0.2, 0.25) is 12.0 Å². The highest BCUT2D eigenvalue weighted by atomic mass is 35.5. The van der Waals surface area contributed by atoms with Crippen molar-refractivity contribution in [3.63, 3.8) is 0 Å². The third kappa shape index (κ3) is 2.92. The first-order valence-electron chi connectivity index (χ1n) is 6.36. The van der Waals surface area contributed by atoms with E-state index in [1.54, 1.807) is 0 Å². The van der Waals surface area contributed by atoms with Crippen molar-refractivity contribution in [3.8, 4) is 0 Å². The molecular weight excluding hydrogens is 260 g/mol. The van der Waals surface area contributed by atoms with Crippen LogP contribution in [0, 0.1) is 0 Å². The van der Waals surface area contributed by atoms with E-state index in [1.165, 1.54) is 0 Å². The maximum atomic E-state index is 6.35. The van der Waals surface area contributed by atoms with Gasteiger partial charge in [0, 0.05) is 7.05 Å². The Balaban J connectivity index is 2.37. The van der Waals surface area contributed by atoms with Gasteiger partial charge in [0.15, 0.2) is 5.16 Å². The Morgan fingerprint density at radius 2 is 1.89 bits per heavy atom. The molecule has 102 valence electrons. The topological polar surface area (TPSA) is 15.5 Å². The number of hydrogen-bond donors (Lipinski definition) is 0. The third-order valence-corrected chi connectivity index (χ3v) is 3.77. The summed E-state index contributed by atoms with van der Waals surface area (Å²) in [5, 5.41) is 0.647. The lowest BCUT2D eigenvalue weighted by Crippen LogP contribution is -2.39. The van der Waals surface area contributed by atoms with Gasteiger partial charge in [0.25, 0.3) is 0 Å². The van der Waals surface area contributed by atoms with E-state index in [0.29, 0.717) is 10.9 Å². The summed E-state index contributed by atoms with van der Waals surface area (Å²) >= 11 is 6.35. The summed E-state index contributed by atoms with van der Waals surface area (Å²) < 4.78 is 8.02. The SMILES string of the molecule is CC1C(c2ccccc2)OC(C=[N+](C)C)=C(Cl)N1C. The van der Waals surface area contributed by atoms with Gasteiger partial charge in [-0.2, -0.15) is 0 Å². The highest BCUT2D eigenvalue weighted by molar-refractivity contribution is 6.30. The zero-order valence-electron chi connectivity index (χ0n) is 11.8. The number of halogens is 1. The van der Waals surface area contributed by atoms with Gasteiger partial charge in [-0.15, -0.1) is 0 Å². The van der Waals surface area contributed by atoms with Crippen molar-refractivity contribution in [1.29, 1.82) is 0 Å². The standard InChI is InChI=1S/C15H20ClN2O/c1-11-14(12-8-6-5-7-9-12)19-13(10-17(2)3)15(16)18(11)4/h5-11,14H,1-4H3/q+1. The van der Waals surface area contributed by atoms with Crippen LogP contribution in [0.3, 0.4) is 0 Å². The summed E-state index contributed by atoms with van der Waals surface area (Å²) in [4.78, 5) is 2.05. The Kier molecular flexibility index (Phi) is 4.15. The van der Waals surface area contributed by atoms with Crippen LogP contribution >= 0.6 is 11.6 Å². The summed E-state index contributed by atoms with van der Waals surface area (Å²) in [6.07, 6.45) is 1.89. The van der Waals surface area contributed by atoms with E-state index in [2.05, 4.69) is 24.0 Å². The van der Waals surface area contributed by atoms with Crippen LogP contribution in [-0.4, -0.2) is 42.9 Å². The maximum Gasteiger partial charge on any atom is 0.219 e. The molecule has 0 spiro atoms. The lowest BCUT2D eigenvalue weighted by atomic mass is 10.0. The van der Waals surface area contributed by atoms with Crippen LogP contribution < -0.4 is 0 Å². The van der Waals surface area contributed by atoms with Crippen LogP contribution in [0.4, 0.5) is 0 Å². The first-order chi connectivity index (χ1) is 9.00. The second-order valence-electron chi connectivity index (χ2n) is 5.05. The Morgan fingerprint density at radius 1 is 1.26 bits per heavy atom. The maximum absolute atomic E-state index is 6.35. The van der Waals surface area contributed by atoms with E-state index in [9.17, 15) is 0 Å². The smallest absolute Gasteiger partial charge is 0.219 e. The quantitative estimate of drug-likeness (QED) is 0.470. The average molecular weight is 280 g/mol. The molecule has 1 aliphatic heterocycles. The molecular formula is C15H20ClN2O+. The first kappa shape index (κ1) is 13.9. The van der Waals surface area contributed by atoms with Crippen molar-refractivity contribution < 1.29 is 9.31 Å². The molecule has 0 bridgehead atoms. The van der Waals surface area contributed by atoms with E-state index >= 15 is 0 Å². The number of likely N-dealkylation sites (N-methyl/N-ethyl adjacent to an activating group) is 1. The minimum Gasteiger partial charge on any atom is -0.475 e. The van der Waals surface area contributed by atoms with Crippen molar-refractivity contribution in [3.05, 3.63) is 46.8 Å². The number of benzene rings is 1. The summed E-state index contributed by atoms with van der Waals surface area (Å²) in [5.41, 5.74) is 1.16. The lowest BCUT2D eigenvalue weighted by molar-refractivity contribution is -0.459. The van der Waals surface area contributed by atoms with Gasteiger partial charge in [0.05, 0.1) is 6.04 Å². The molecule has 4 heteroatoms. The van der Waals surface area contributed by atoms with Crippen LogP contribution in [0.15, 0.2) is 41.2 Å². The molecule has 2 atom stereocenters. The van der Waals surface area contributed by atoms with E-state index in [4.69, 9.17) is 16.3 Å². The molecule has 0 saturated heterocycles. The summed E-state index contributed by atoms with van der Waals surface area (Å²) in [6.45, 7) is 2.12. The van der Waals surface area contributed by atoms with Gasteiger partial charge < -0.3 is 9.64 Å². The third-order valence-electron chi connectivity index (χ3n) is 3.32. The van der Waals surface area contributed by atoms with Crippen LogP contribution in [-0.2, 0) is 4.74 Å². The minimum absolute atomic E-state index is 0.0140. The van der Waals surface area contributed by atoms with E-state index in [-0.39, 0.29) is 12.1 Å². The summed E-state index contributed by atoms with van der Waals surface area (Å²) in [7, 11) is 5.90. The van der Waals surface area contributed by atoms with Crippen LogP contribution in [0.5, 0.6) is 0 Å². The first-order valence-corrected chi connectivity index (χ1v) is 6.74. The number of allylic oxidation sites excluding steroid dienone is 1. The van der Waals surface area contributed by atoms with Crippen molar-refractivity contribution in [1.82, 2.24) is 4.90 Å². The zero-order chi connectivity index (χ0) is 14.0. The summed E-state index contributed by atoms with van der Waals surface area (Å²) in [6, 6.07) is 10.4. The lowest BCUT2D eigenvalue weighted by Gasteiger charge is -2.38. The normalized spacial score (nSPS) is 23.1. The Labute approximate surface area is 119 Å². The van der Waals surface area contributed by atoms with E-state index in [0.717, 1.165) is 5.56 Å². The van der Waals surface area contributed by atoms with Gasteiger partial charge in [-0.25, -0.2) is 4.58 Å². The fourth-order valence-corrected chi connectivity index (χ4v) is 2.39. The number of rotatable bonds is 2. The highest BCUT2D eigenvalue weighted by Gasteiger charge is 2.33. The Morgan fingerprint density at radius 3 is 2.47 bits per heavy atom. The highest BCUT2D eigenvalue weighted by Crippen LogP contribution is 2.35. The van der Waals surface area contributed by atoms with Gasteiger partial charge in [0.1, 0.15) is 20.2 Å². The molecule has 2 rings (SSSR count). The zero-order valence-corrected chi connectivity index (χ0v) is 12.6. The summed E-state index contributed by atoms with van der Waals surface area (Å²) in [5.74, 6) is 0.709. The largest absolute Gasteiger partial charge is 0.475 e. The molecule has 1 aliphatic rings. The molecule has 0 amide bonds. The average Bonchev–Trinajstić information content (AvgIpc) is 2.40. The van der Waals surface area contributed by atoms with E-state index in [1.807, 2.05) is 50.1 Å². The second kappa shape index (κ2) is 5.66. The van der Waals surface area contributed by atoms with Crippen LogP contribution in [0.1, 0.15) is 18.6 Å². The predicted octanol–water partition coefficient (Wildman–Crippen LogP) is 2.83. The van der Waals surface area contributed by atoms with Crippen molar-refractivity contribution >= 4 is 17.8 Å². The molecule has 0 radical (unpaired) electrons. The molecule has 0 saturated carbocycles. The van der Waals surface area contributed by atoms with Crippen molar-refractivity contribution in [2.75, 3.05) is 21.1 Å². The Bertz CT molecular complexity index is 506. The number of ether oxygens (including phenoxy) is 1. The van der Waals surface area contributed by atoms with Gasteiger partial charge in [-0.1, -0.05) is 41.9 Å². The van der Waals surface area contributed by atoms with Crippen LogP contribution in [0.2, 0.25) is 0 Å². The number of nitrogens with zero attached hydrogens (tertiary/aromatic N) is 2. The minimum atomic E-state index is -0.0140. The van der Waals surface area contributed by atoms with Gasteiger partial charge in [-0.3, -0.25) is 0 Å². The number of hydrogen-bond acceptors (Lipinski definition) is 2. The molecule has 1 aromatic rings. The van der Waals surface area contributed by atoms with Gasteiger partial charge >= 0.3 is 0 Å². The monoisotopic (exact) mass is 279 g/mol. The molecule has 1 heterocycles. The van der Waals surface area contributed by atoms with Gasteiger partial charge in [-0.05, 0) is 12.5 Å². The molecule has 0 aromatic heterocycles. The van der Waals surface area contributed by atoms with Crippen LogP contribution in [0.25, 0.3) is 0 Å². The van der Waals surface area contributed by atoms with E-state index < -0.39 is 0 Å².